The van der Waals surface area contributed by atoms with E-state index < -0.39 is 17.6 Å². The third kappa shape index (κ3) is 3.49. The highest BCUT2D eigenvalue weighted by Gasteiger charge is 2.46. The summed E-state index contributed by atoms with van der Waals surface area (Å²) in [6, 6.07) is 6.06. The molecule has 30 heavy (non-hydrogen) atoms. The van der Waals surface area contributed by atoms with Crippen molar-refractivity contribution in [3.63, 3.8) is 0 Å². The second-order valence-electron chi connectivity index (χ2n) is 8.11. The Morgan fingerprint density at radius 2 is 2.03 bits per heavy atom. The lowest BCUT2D eigenvalue weighted by Crippen LogP contribution is -2.53. The fourth-order valence-electron chi connectivity index (χ4n) is 4.15. The van der Waals surface area contributed by atoms with Gasteiger partial charge in [0.05, 0.1) is 16.1 Å². The highest BCUT2D eigenvalue weighted by Crippen LogP contribution is 2.52. The quantitative estimate of drug-likeness (QED) is 0.308. The normalized spacial score (nSPS) is 17.6. The molecule has 1 aromatic heterocycles. The largest absolute Gasteiger partial charge is 0.448 e. The number of carbonyl (C=O) groups is 2. The Morgan fingerprint density at radius 3 is 2.70 bits per heavy atom. The summed E-state index contributed by atoms with van der Waals surface area (Å²) in [5, 5.41) is 0. The van der Waals surface area contributed by atoms with Crippen LogP contribution in [0.2, 0.25) is 0 Å². The Labute approximate surface area is 188 Å². The molecule has 0 unspecified atom stereocenters. The lowest BCUT2D eigenvalue weighted by molar-refractivity contribution is -0.151. The standard InChI is InChI=1S/C23H23NO3S3/c1-13-10-11-17-16(12-13)18-20(29-30-22(18)28)23(3,4)24(17)21(26)19(27-14(2)25)15-8-6-5-7-9-15/h5-6,8,10-12,19H,7,9H2,1-4H3/t19-/m0/s1. The van der Waals surface area contributed by atoms with Gasteiger partial charge in [-0.3, -0.25) is 14.5 Å². The van der Waals surface area contributed by atoms with E-state index in [0.29, 0.717) is 6.42 Å². The van der Waals surface area contributed by atoms with Gasteiger partial charge in [-0.05, 0) is 51.3 Å². The second kappa shape index (κ2) is 7.87. The number of carbonyl (C=O) groups excluding carboxylic acids is 2. The van der Waals surface area contributed by atoms with E-state index in [9.17, 15) is 9.59 Å². The third-order valence-corrected chi connectivity index (χ3v) is 8.85. The van der Waals surface area contributed by atoms with Gasteiger partial charge in [0, 0.05) is 18.1 Å². The van der Waals surface area contributed by atoms with Gasteiger partial charge in [-0.15, -0.1) is 0 Å². The van der Waals surface area contributed by atoms with Crippen LogP contribution in [0, 0.1) is 10.7 Å². The van der Waals surface area contributed by atoms with Crippen LogP contribution in [0.4, 0.5) is 5.69 Å². The van der Waals surface area contributed by atoms with Crippen LogP contribution in [0.1, 0.15) is 44.1 Å². The second-order valence-corrected chi connectivity index (χ2v) is 10.9. The molecule has 7 heteroatoms. The topological polar surface area (TPSA) is 46.6 Å². The number of rotatable bonds is 3. The first kappa shape index (κ1) is 21.2. The monoisotopic (exact) mass is 457 g/mol. The number of anilines is 1. The lowest BCUT2D eigenvalue weighted by Gasteiger charge is -2.44. The van der Waals surface area contributed by atoms with Gasteiger partial charge >= 0.3 is 5.97 Å². The molecule has 0 saturated heterocycles. The zero-order valence-corrected chi connectivity index (χ0v) is 19.8. The van der Waals surface area contributed by atoms with Crippen LogP contribution >= 0.6 is 32.9 Å². The van der Waals surface area contributed by atoms with Gasteiger partial charge in [-0.25, -0.2) is 0 Å². The predicted molar refractivity (Wildman–Crippen MR) is 126 cm³/mol. The molecule has 0 fully saturated rings. The molecule has 0 spiro atoms. The molecule has 1 atom stereocenters. The van der Waals surface area contributed by atoms with Gasteiger partial charge in [-0.1, -0.05) is 62.8 Å². The number of ether oxygens (including phenoxy) is 1. The molecule has 1 aliphatic heterocycles. The van der Waals surface area contributed by atoms with Crippen molar-refractivity contribution in [1.29, 1.82) is 0 Å². The van der Waals surface area contributed by atoms with Crippen LogP contribution in [-0.4, -0.2) is 18.0 Å². The highest BCUT2D eigenvalue weighted by atomic mass is 32.9. The molecule has 1 aromatic carbocycles. The van der Waals surface area contributed by atoms with Gasteiger partial charge in [0.15, 0.2) is 0 Å². The number of allylic oxidation sites excluding steroid dienone is 3. The van der Waals surface area contributed by atoms with E-state index in [2.05, 4.69) is 6.07 Å². The van der Waals surface area contributed by atoms with Crippen molar-refractivity contribution in [1.82, 2.24) is 0 Å². The number of benzene rings is 1. The fourth-order valence-corrected chi connectivity index (χ4v) is 7.43. The predicted octanol–water partition coefficient (Wildman–Crippen LogP) is 6.30. The maximum atomic E-state index is 14.0. The number of esters is 1. The number of hydrogen-bond acceptors (Lipinski definition) is 6. The molecular weight excluding hydrogens is 434 g/mol. The molecule has 1 aliphatic carbocycles. The van der Waals surface area contributed by atoms with Gasteiger partial charge < -0.3 is 4.74 Å². The van der Waals surface area contributed by atoms with Crippen molar-refractivity contribution >= 4 is 50.5 Å². The minimum Gasteiger partial charge on any atom is -0.448 e. The lowest BCUT2D eigenvalue weighted by atomic mass is 9.85. The first-order chi connectivity index (χ1) is 14.2. The summed E-state index contributed by atoms with van der Waals surface area (Å²) in [7, 11) is 3.19. The first-order valence-corrected chi connectivity index (χ1v) is 12.4. The summed E-state index contributed by atoms with van der Waals surface area (Å²) >= 11 is 5.65. The molecule has 0 N–H and O–H groups in total. The minimum absolute atomic E-state index is 0.225. The summed E-state index contributed by atoms with van der Waals surface area (Å²) in [6.07, 6.45) is 6.44. The zero-order valence-electron chi connectivity index (χ0n) is 17.4. The molecule has 156 valence electrons. The average Bonchev–Trinajstić information content (AvgIpc) is 3.10. The average molecular weight is 458 g/mol. The van der Waals surface area contributed by atoms with Gasteiger partial charge in [0.2, 0.25) is 6.10 Å². The Hall–Kier alpha value is -2.09. The molecular formula is C23H23NO3S3. The number of amides is 1. The van der Waals surface area contributed by atoms with Crippen LogP contribution < -0.4 is 4.90 Å². The van der Waals surface area contributed by atoms with Crippen LogP contribution in [0.25, 0.3) is 11.1 Å². The summed E-state index contributed by atoms with van der Waals surface area (Å²) in [6.45, 7) is 7.45. The SMILES string of the molecule is CC(=O)O[C@H](C(=O)N1c2ccc(C)cc2-c2c(ssc2=S)C1(C)C)C1=CC=CCC1. The van der Waals surface area contributed by atoms with E-state index in [1.165, 1.54) is 6.92 Å². The van der Waals surface area contributed by atoms with E-state index in [-0.39, 0.29) is 5.91 Å². The number of hydrogen-bond donors (Lipinski definition) is 0. The van der Waals surface area contributed by atoms with Crippen molar-refractivity contribution in [3.05, 3.63) is 56.3 Å². The fraction of sp³-hybridized carbons (Fsp3) is 0.348. The van der Waals surface area contributed by atoms with Crippen molar-refractivity contribution in [2.45, 2.75) is 52.2 Å². The Kier molecular flexibility index (Phi) is 5.55. The van der Waals surface area contributed by atoms with E-state index in [4.69, 9.17) is 17.0 Å². The van der Waals surface area contributed by atoms with E-state index in [1.54, 1.807) is 25.6 Å². The van der Waals surface area contributed by atoms with E-state index in [0.717, 1.165) is 43.1 Å². The smallest absolute Gasteiger partial charge is 0.303 e. The van der Waals surface area contributed by atoms with Gasteiger partial charge in [-0.2, -0.15) is 0 Å². The van der Waals surface area contributed by atoms with Crippen LogP contribution in [0.5, 0.6) is 0 Å². The highest BCUT2D eigenvalue weighted by molar-refractivity contribution is 7.80. The zero-order chi connectivity index (χ0) is 21.6. The summed E-state index contributed by atoms with van der Waals surface area (Å²) < 4.78 is 6.43. The Balaban J connectivity index is 1.89. The maximum absolute atomic E-state index is 14.0. The van der Waals surface area contributed by atoms with Crippen molar-refractivity contribution in [2.24, 2.45) is 0 Å². The summed E-state index contributed by atoms with van der Waals surface area (Å²) in [5.41, 5.74) is 4.15. The van der Waals surface area contributed by atoms with Crippen molar-refractivity contribution in [2.75, 3.05) is 4.90 Å². The molecule has 4 nitrogen and oxygen atoms in total. The minimum atomic E-state index is -0.936. The molecule has 4 rings (SSSR count). The van der Waals surface area contributed by atoms with Crippen LogP contribution in [0.15, 0.2) is 42.0 Å². The molecule has 2 aromatic rings. The first-order valence-electron chi connectivity index (χ1n) is 9.83. The van der Waals surface area contributed by atoms with E-state index >= 15 is 0 Å². The Morgan fingerprint density at radius 1 is 1.27 bits per heavy atom. The molecule has 0 radical (unpaired) electrons. The number of aryl methyl sites for hydroxylation is 1. The Bertz CT molecular complexity index is 1150. The van der Waals surface area contributed by atoms with Gasteiger partial charge in [0.25, 0.3) is 5.91 Å². The maximum Gasteiger partial charge on any atom is 0.303 e. The number of nitrogens with zero attached hydrogens (tertiary/aromatic N) is 1. The molecule has 0 bridgehead atoms. The third-order valence-electron chi connectivity index (χ3n) is 5.52. The van der Waals surface area contributed by atoms with Crippen molar-refractivity contribution in [3.8, 4) is 11.1 Å². The summed E-state index contributed by atoms with van der Waals surface area (Å²) in [4.78, 5) is 28.7. The van der Waals surface area contributed by atoms with Crippen LogP contribution in [-0.2, 0) is 19.9 Å². The molecule has 0 saturated carbocycles. The van der Waals surface area contributed by atoms with Crippen LogP contribution in [0.3, 0.4) is 0 Å². The van der Waals surface area contributed by atoms with Gasteiger partial charge in [0.1, 0.15) is 3.82 Å². The summed E-state index contributed by atoms with van der Waals surface area (Å²) in [5.74, 6) is -0.688. The molecule has 2 aliphatic rings. The van der Waals surface area contributed by atoms with E-state index in [1.807, 2.05) is 51.1 Å². The number of fused-ring (bicyclic) bond motifs is 3. The van der Waals surface area contributed by atoms with Crippen molar-refractivity contribution < 1.29 is 14.3 Å². The molecule has 1 amide bonds. The molecule has 2 heterocycles.